The first-order valence-electron chi connectivity index (χ1n) is 6.65. The van der Waals surface area contributed by atoms with Crippen molar-refractivity contribution in [3.05, 3.63) is 35.9 Å². The van der Waals surface area contributed by atoms with Gasteiger partial charge in [-0.05, 0) is 5.56 Å². The second-order valence-corrected chi connectivity index (χ2v) is 11.0. The van der Waals surface area contributed by atoms with Gasteiger partial charge in [-0.3, -0.25) is 0 Å². The van der Waals surface area contributed by atoms with Crippen molar-refractivity contribution in [1.29, 1.82) is 0 Å². The molecule has 0 aliphatic carbocycles. The van der Waals surface area contributed by atoms with Gasteiger partial charge in [-0.25, -0.2) is 14.7 Å². The van der Waals surface area contributed by atoms with E-state index < -0.39 is 12.6 Å². The molecule has 4 saturated heterocycles. The Morgan fingerprint density at radius 2 is 1.74 bits per heavy atom. The zero-order valence-corrected chi connectivity index (χ0v) is 12.4. The lowest BCUT2D eigenvalue weighted by atomic mass is 10.1. The zero-order chi connectivity index (χ0) is 13.0. The third kappa shape index (κ3) is 1.96. The number of benzene rings is 1. The van der Waals surface area contributed by atoms with Crippen LogP contribution in [0.15, 0.2) is 30.3 Å². The van der Waals surface area contributed by atoms with Crippen LogP contribution in [0, 0.1) is 0 Å². The fourth-order valence-electron chi connectivity index (χ4n) is 3.74. The molecule has 102 valence electrons. The fraction of sp³-hybridized carbons (Fsp3) is 0.538. The Morgan fingerprint density at radius 3 is 2.32 bits per heavy atom. The highest BCUT2D eigenvalue weighted by molar-refractivity contribution is 8.42. The Kier molecular flexibility index (Phi) is 2.92. The minimum absolute atomic E-state index is 0.165. The lowest BCUT2D eigenvalue weighted by Gasteiger charge is -2.63. The highest BCUT2D eigenvalue weighted by Crippen LogP contribution is 2.70. The zero-order valence-electron chi connectivity index (χ0n) is 10.7. The number of hydrogen-bond donors (Lipinski definition) is 1. The molecule has 4 nitrogen and oxygen atoms in total. The Morgan fingerprint density at radius 1 is 1.11 bits per heavy atom. The van der Waals surface area contributed by atoms with Crippen molar-refractivity contribution in [1.82, 2.24) is 14.7 Å². The summed E-state index contributed by atoms with van der Waals surface area (Å²) >= 11 is 6.01. The normalized spacial score (nSPS) is 45.4. The molecule has 4 aliphatic heterocycles. The molecule has 0 spiro atoms. The highest BCUT2D eigenvalue weighted by Gasteiger charge is 2.56. The average molecular weight is 295 g/mol. The number of rotatable bonds is 2. The molecule has 0 aromatic heterocycles. The molecule has 0 radical (unpaired) electrons. The molecule has 1 N–H and O–H groups in total. The molecule has 2 unspecified atom stereocenters. The number of aliphatic hydroxyl groups excluding tert-OH is 1. The maximum absolute atomic E-state index is 10.8. The highest BCUT2D eigenvalue weighted by atomic mass is 32.7. The molecule has 4 fully saturated rings. The maximum Gasteiger partial charge on any atom is 0.137 e. The molecule has 5 rings (SSSR count). The summed E-state index contributed by atoms with van der Waals surface area (Å²) in [6, 6.07) is 10.0. The largest absolute Gasteiger partial charge is 0.552 e. The third-order valence-electron chi connectivity index (χ3n) is 4.32. The Balaban J connectivity index is 1.67. The van der Waals surface area contributed by atoms with Crippen molar-refractivity contribution >= 4 is 18.7 Å². The number of hydrogen-bond acceptors (Lipinski definition) is 5. The molecule has 1 aromatic rings. The maximum atomic E-state index is 10.8. The summed E-state index contributed by atoms with van der Waals surface area (Å²) < 4.78 is 0. The average Bonchev–Trinajstić information content (AvgIpc) is 2.37. The van der Waals surface area contributed by atoms with Gasteiger partial charge in [0.2, 0.25) is 0 Å². The lowest BCUT2D eigenvalue weighted by Crippen LogP contribution is -2.68. The van der Waals surface area contributed by atoms with Gasteiger partial charge in [-0.1, -0.05) is 36.8 Å². The standard InChI is InChI=1S/C13H18N3OPS/c17-12(11-4-2-1-3-5-11)13-16-7-14-6-15(8-16)10-18(13,19)9-14/h1-5,12-13,17H,6-10H2/t12-,13+/m1/s1. The first-order valence-corrected chi connectivity index (χ1v) is 9.89. The Labute approximate surface area is 119 Å². The molecule has 4 atom stereocenters. The SMILES string of the molecule is O[C@H](c1ccccc1)[C@H]1N2CN3CN(C2)C[P+]1([S-])C3. The second kappa shape index (κ2) is 4.42. The van der Waals surface area contributed by atoms with Gasteiger partial charge in [0.05, 0.1) is 32.6 Å². The van der Waals surface area contributed by atoms with Crippen LogP contribution in [0.4, 0.5) is 0 Å². The summed E-state index contributed by atoms with van der Waals surface area (Å²) in [7, 11) is 0. The van der Waals surface area contributed by atoms with Crippen LogP contribution >= 0.6 is 6.46 Å². The molecular formula is C13H18N3OPS. The van der Waals surface area contributed by atoms with Gasteiger partial charge in [0.1, 0.15) is 11.9 Å². The van der Waals surface area contributed by atoms with Crippen LogP contribution in [-0.4, -0.2) is 58.2 Å². The van der Waals surface area contributed by atoms with E-state index in [0.29, 0.717) is 0 Å². The molecule has 1 aromatic carbocycles. The Hall–Kier alpha value is -0.160. The monoisotopic (exact) mass is 295 g/mol. The van der Waals surface area contributed by atoms with Crippen LogP contribution in [0.25, 0.3) is 0 Å². The summed E-state index contributed by atoms with van der Waals surface area (Å²) in [5.74, 6) is 0.165. The van der Waals surface area contributed by atoms with Crippen LogP contribution in [0.1, 0.15) is 11.7 Å². The van der Waals surface area contributed by atoms with Crippen molar-refractivity contribution in [3.63, 3.8) is 0 Å². The van der Waals surface area contributed by atoms with E-state index in [9.17, 15) is 5.11 Å². The summed E-state index contributed by atoms with van der Waals surface area (Å²) in [4.78, 5) is 7.25. The van der Waals surface area contributed by atoms with E-state index in [2.05, 4.69) is 14.7 Å². The molecule has 4 heterocycles. The topological polar surface area (TPSA) is 30.0 Å². The summed E-state index contributed by atoms with van der Waals surface area (Å²) in [5, 5.41) is 10.8. The molecule has 4 aliphatic rings. The molecule has 0 saturated carbocycles. The van der Waals surface area contributed by atoms with Gasteiger partial charge >= 0.3 is 0 Å². The summed E-state index contributed by atoms with van der Waals surface area (Å²) in [6.07, 6.45) is 1.63. The van der Waals surface area contributed by atoms with Crippen LogP contribution in [-0.2, 0) is 12.2 Å². The molecule has 19 heavy (non-hydrogen) atoms. The van der Waals surface area contributed by atoms with E-state index in [1.54, 1.807) is 0 Å². The van der Waals surface area contributed by atoms with Gasteiger partial charge < -0.3 is 17.4 Å². The Bertz CT molecular complexity index is 474. The second-order valence-electron chi connectivity index (χ2n) is 5.86. The quantitative estimate of drug-likeness (QED) is 0.655. The number of aliphatic hydroxyl groups is 1. The molecule has 4 bridgehead atoms. The predicted molar refractivity (Wildman–Crippen MR) is 79.3 cm³/mol. The summed E-state index contributed by atoms with van der Waals surface area (Å²) in [6.45, 7) is 1.44. The van der Waals surface area contributed by atoms with Gasteiger partial charge in [0.25, 0.3) is 0 Å². The smallest absolute Gasteiger partial charge is 0.137 e. The fourth-order valence-corrected chi connectivity index (χ4v) is 9.03. The minimum atomic E-state index is -1.54. The minimum Gasteiger partial charge on any atom is -0.552 e. The van der Waals surface area contributed by atoms with E-state index in [0.717, 1.165) is 38.1 Å². The van der Waals surface area contributed by atoms with Gasteiger partial charge in [0, 0.05) is 0 Å². The third-order valence-corrected chi connectivity index (χ3v) is 8.99. The van der Waals surface area contributed by atoms with Crippen LogP contribution in [0.5, 0.6) is 0 Å². The van der Waals surface area contributed by atoms with Crippen molar-refractivity contribution in [2.24, 2.45) is 0 Å². The van der Waals surface area contributed by atoms with E-state index in [-0.39, 0.29) is 5.78 Å². The summed E-state index contributed by atoms with van der Waals surface area (Å²) in [5.41, 5.74) is 1.01. The predicted octanol–water partition coefficient (Wildman–Crippen LogP) is 1.26. The van der Waals surface area contributed by atoms with Crippen molar-refractivity contribution in [3.8, 4) is 0 Å². The van der Waals surface area contributed by atoms with Crippen molar-refractivity contribution in [2.45, 2.75) is 11.9 Å². The van der Waals surface area contributed by atoms with Gasteiger partial charge in [0.15, 0.2) is 0 Å². The van der Waals surface area contributed by atoms with E-state index in [4.69, 9.17) is 12.2 Å². The van der Waals surface area contributed by atoms with E-state index in [1.807, 2.05) is 30.3 Å². The number of nitrogens with zero attached hydrogens (tertiary/aromatic N) is 3. The lowest BCUT2D eigenvalue weighted by molar-refractivity contribution is -0.0718. The first-order chi connectivity index (χ1) is 9.16. The van der Waals surface area contributed by atoms with Crippen LogP contribution < -0.4 is 0 Å². The van der Waals surface area contributed by atoms with Gasteiger partial charge in [-0.2, -0.15) is 0 Å². The molecule has 0 amide bonds. The van der Waals surface area contributed by atoms with Crippen LogP contribution in [0.3, 0.4) is 0 Å². The van der Waals surface area contributed by atoms with Crippen molar-refractivity contribution < 1.29 is 5.11 Å². The van der Waals surface area contributed by atoms with Gasteiger partial charge in [-0.15, -0.1) is 0 Å². The first kappa shape index (κ1) is 12.6. The molecule has 6 heteroatoms. The van der Waals surface area contributed by atoms with E-state index >= 15 is 0 Å². The van der Waals surface area contributed by atoms with E-state index in [1.165, 1.54) is 0 Å². The van der Waals surface area contributed by atoms with Crippen molar-refractivity contribution in [2.75, 3.05) is 32.6 Å². The molecular weight excluding hydrogens is 277 g/mol. The van der Waals surface area contributed by atoms with Crippen LogP contribution in [0.2, 0.25) is 0 Å².